The number of hydrogen-bond acceptors (Lipinski definition) is 3. The molecular formula is C13H26N2O. The average molecular weight is 226 g/mol. The highest BCUT2D eigenvalue weighted by Crippen LogP contribution is 2.14. The van der Waals surface area contributed by atoms with Gasteiger partial charge < -0.3 is 10.1 Å². The minimum Gasteiger partial charge on any atom is -0.373 e. The van der Waals surface area contributed by atoms with Gasteiger partial charge in [0.2, 0.25) is 0 Å². The third-order valence-electron chi connectivity index (χ3n) is 3.64. The molecule has 0 aromatic heterocycles. The number of hydrogen-bond donors (Lipinski definition) is 1. The summed E-state index contributed by atoms with van der Waals surface area (Å²) in [5, 5.41) is 3.68. The molecule has 0 aliphatic carbocycles. The fourth-order valence-electron chi connectivity index (χ4n) is 3.00. The normalized spacial score (nSPS) is 38.2. The molecule has 16 heavy (non-hydrogen) atoms. The van der Waals surface area contributed by atoms with Crippen LogP contribution in [-0.4, -0.2) is 49.3 Å². The first-order valence-corrected chi connectivity index (χ1v) is 6.85. The molecule has 2 aliphatic heterocycles. The lowest BCUT2D eigenvalue weighted by atomic mass is 10.1. The van der Waals surface area contributed by atoms with E-state index in [-0.39, 0.29) is 0 Å². The molecule has 3 atom stereocenters. The third-order valence-corrected chi connectivity index (χ3v) is 3.64. The molecule has 2 aliphatic rings. The maximum atomic E-state index is 5.77. The van der Waals surface area contributed by atoms with Gasteiger partial charge in [0.25, 0.3) is 0 Å². The van der Waals surface area contributed by atoms with E-state index in [1.807, 2.05) is 0 Å². The monoisotopic (exact) mass is 226 g/mol. The molecule has 1 unspecified atom stereocenters. The summed E-state index contributed by atoms with van der Waals surface area (Å²) < 4.78 is 5.77. The van der Waals surface area contributed by atoms with E-state index in [2.05, 4.69) is 24.1 Å². The second kappa shape index (κ2) is 5.99. The predicted molar refractivity (Wildman–Crippen MR) is 66.7 cm³/mol. The Balaban J connectivity index is 1.78. The topological polar surface area (TPSA) is 24.5 Å². The van der Waals surface area contributed by atoms with E-state index >= 15 is 0 Å². The van der Waals surface area contributed by atoms with Gasteiger partial charge >= 0.3 is 0 Å². The van der Waals surface area contributed by atoms with E-state index in [4.69, 9.17) is 4.74 Å². The molecular weight excluding hydrogens is 200 g/mol. The number of morpholine rings is 1. The van der Waals surface area contributed by atoms with Crippen molar-refractivity contribution >= 4 is 0 Å². The average Bonchev–Trinajstić information content (AvgIpc) is 2.44. The van der Waals surface area contributed by atoms with Crippen molar-refractivity contribution in [3.05, 3.63) is 0 Å². The SMILES string of the molecule is C[C@@H]1CN(CC2CCCCCN2)C[C@H](C)O1. The Morgan fingerprint density at radius 1 is 1.12 bits per heavy atom. The van der Waals surface area contributed by atoms with Gasteiger partial charge in [0.05, 0.1) is 12.2 Å². The highest BCUT2D eigenvalue weighted by molar-refractivity contribution is 4.79. The second-order valence-corrected chi connectivity index (χ2v) is 5.48. The summed E-state index contributed by atoms with van der Waals surface area (Å²) in [4.78, 5) is 2.57. The number of rotatable bonds is 2. The summed E-state index contributed by atoms with van der Waals surface area (Å²) in [5.41, 5.74) is 0. The molecule has 2 rings (SSSR count). The van der Waals surface area contributed by atoms with Crippen molar-refractivity contribution in [1.82, 2.24) is 10.2 Å². The van der Waals surface area contributed by atoms with E-state index in [1.54, 1.807) is 0 Å². The summed E-state index contributed by atoms with van der Waals surface area (Å²) in [5.74, 6) is 0. The van der Waals surface area contributed by atoms with Crippen molar-refractivity contribution in [3.8, 4) is 0 Å². The van der Waals surface area contributed by atoms with E-state index in [0.29, 0.717) is 18.2 Å². The van der Waals surface area contributed by atoms with Crippen LogP contribution in [0.5, 0.6) is 0 Å². The van der Waals surface area contributed by atoms with Crippen molar-refractivity contribution in [3.63, 3.8) is 0 Å². The third kappa shape index (κ3) is 3.72. The van der Waals surface area contributed by atoms with Crippen molar-refractivity contribution in [2.45, 2.75) is 57.8 Å². The molecule has 0 amide bonds. The van der Waals surface area contributed by atoms with Crippen LogP contribution in [0, 0.1) is 0 Å². The molecule has 2 heterocycles. The highest BCUT2D eigenvalue weighted by Gasteiger charge is 2.24. The Bertz CT molecular complexity index is 192. The van der Waals surface area contributed by atoms with Gasteiger partial charge in [0, 0.05) is 25.7 Å². The van der Waals surface area contributed by atoms with Crippen LogP contribution in [0.2, 0.25) is 0 Å². The number of ether oxygens (including phenoxy) is 1. The lowest BCUT2D eigenvalue weighted by Crippen LogP contribution is -2.50. The lowest BCUT2D eigenvalue weighted by Gasteiger charge is -2.37. The van der Waals surface area contributed by atoms with Crippen LogP contribution in [-0.2, 0) is 4.74 Å². The summed E-state index contributed by atoms with van der Waals surface area (Å²) >= 11 is 0. The van der Waals surface area contributed by atoms with Crippen LogP contribution in [0.3, 0.4) is 0 Å². The smallest absolute Gasteiger partial charge is 0.0678 e. The number of nitrogens with one attached hydrogen (secondary N) is 1. The van der Waals surface area contributed by atoms with Crippen molar-refractivity contribution in [1.29, 1.82) is 0 Å². The van der Waals surface area contributed by atoms with Crippen LogP contribution in [0.4, 0.5) is 0 Å². The van der Waals surface area contributed by atoms with Crippen LogP contribution < -0.4 is 5.32 Å². The van der Waals surface area contributed by atoms with E-state index in [0.717, 1.165) is 13.1 Å². The van der Waals surface area contributed by atoms with E-state index in [1.165, 1.54) is 38.8 Å². The Morgan fingerprint density at radius 3 is 2.62 bits per heavy atom. The van der Waals surface area contributed by atoms with Crippen LogP contribution in [0.15, 0.2) is 0 Å². The van der Waals surface area contributed by atoms with E-state index in [9.17, 15) is 0 Å². The molecule has 0 aromatic rings. The van der Waals surface area contributed by atoms with Crippen LogP contribution in [0.25, 0.3) is 0 Å². The molecule has 2 fully saturated rings. The molecule has 0 radical (unpaired) electrons. The largest absolute Gasteiger partial charge is 0.373 e. The zero-order chi connectivity index (χ0) is 11.4. The quantitative estimate of drug-likeness (QED) is 0.774. The van der Waals surface area contributed by atoms with Crippen molar-refractivity contribution < 1.29 is 4.74 Å². The summed E-state index contributed by atoms with van der Waals surface area (Å²) in [6.45, 7) is 8.98. The fraction of sp³-hybridized carbons (Fsp3) is 1.00. The van der Waals surface area contributed by atoms with Gasteiger partial charge in [-0.3, -0.25) is 4.90 Å². The van der Waals surface area contributed by atoms with Gasteiger partial charge in [-0.05, 0) is 33.2 Å². The van der Waals surface area contributed by atoms with Gasteiger partial charge in [0.15, 0.2) is 0 Å². The van der Waals surface area contributed by atoms with Gasteiger partial charge in [-0.15, -0.1) is 0 Å². The summed E-state index contributed by atoms with van der Waals surface area (Å²) in [6, 6.07) is 0.708. The molecule has 0 spiro atoms. The Kier molecular flexibility index (Phi) is 4.62. The minimum atomic E-state index is 0.398. The van der Waals surface area contributed by atoms with Gasteiger partial charge in [-0.2, -0.15) is 0 Å². The maximum Gasteiger partial charge on any atom is 0.0678 e. The fourth-order valence-corrected chi connectivity index (χ4v) is 3.00. The molecule has 1 N–H and O–H groups in total. The first-order chi connectivity index (χ1) is 7.74. The standard InChI is InChI=1S/C13H26N2O/c1-11-8-15(9-12(2)16-11)10-13-6-4-3-5-7-14-13/h11-14H,3-10H2,1-2H3/t11-,12+,13?. The van der Waals surface area contributed by atoms with Gasteiger partial charge in [0.1, 0.15) is 0 Å². The molecule has 94 valence electrons. The Morgan fingerprint density at radius 2 is 1.88 bits per heavy atom. The van der Waals surface area contributed by atoms with E-state index < -0.39 is 0 Å². The Labute approximate surface area is 99.5 Å². The molecule has 0 bridgehead atoms. The second-order valence-electron chi connectivity index (χ2n) is 5.48. The molecule has 2 saturated heterocycles. The van der Waals surface area contributed by atoms with Gasteiger partial charge in [-0.1, -0.05) is 12.8 Å². The maximum absolute atomic E-state index is 5.77. The zero-order valence-electron chi connectivity index (χ0n) is 10.7. The minimum absolute atomic E-state index is 0.398. The van der Waals surface area contributed by atoms with Crippen LogP contribution in [0.1, 0.15) is 39.5 Å². The molecule has 3 heteroatoms. The molecule has 0 aromatic carbocycles. The van der Waals surface area contributed by atoms with Gasteiger partial charge in [-0.25, -0.2) is 0 Å². The molecule has 3 nitrogen and oxygen atoms in total. The van der Waals surface area contributed by atoms with Crippen LogP contribution >= 0.6 is 0 Å². The lowest BCUT2D eigenvalue weighted by molar-refractivity contribution is -0.0699. The zero-order valence-corrected chi connectivity index (χ0v) is 10.7. The van der Waals surface area contributed by atoms with Crippen molar-refractivity contribution in [2.75, 3.05) is 26.2 Å². The first kappa shape index (κ1) is 12.3. The summed E-state index contributed by atoms with van der Waals surface area (Å²) in [7, 11) is 0. The summed E-state index contributed by atoms with van der Waals surface area (Å²) in [6.07, 6.45) is 6.29. The Hall–Kier alpha value is -0.120. The predicted octanol–water partition coefficient (Wildman–Crippen LogP) is 1.63. The highest BCUT2D eigenvalue weighted by atomic mass is 16.5. The first-order valence-electron chi connectivity index (χ1n) is 6.85. The molecule has 0 saturated carbocycles. The van der Waals surface area contributed by atoms with Crippen molar-refractivity contribution in [2.24, 2.45) is 0 Å². The number of nitrogens with zero attached hydrogens (tertiary/aromatic N) is 1.